The lowest BCUT2D eigenvalue weighted by atomic mass is 10.0. The molecule has 5 nitrogen and oxygen atoms in total. The number of rotatable bonds is 14. The topological polar surface area (TPSA) is 58.6 Å². The van der Waals surface area contributed by atoms with Crippen molar-refractivity contribution in [1.29, 1.82) is 0 Å². The number of ether oxygens (including phenoxy) is 1. The molecule has 3 rings (SSSR count). The summed E-state index contributed by atoms with van der Waals surface area (Å²) < 4.78 is 19.3. The van der Waals surface area contributed by atoms with Gasteiger partial charge in [-0.15, -0.1) is 0 Å². The van der Waals surface area contributed by atoms with E-state index in [-0.39, 0.29) is 30.6 Å². The van der Waals surface area contributed by atoms with Crippen LogP contribution in [0.1, 0.15) is 49.3 Å². The molecular weight excluding hydrogens is 467 g/mol. The number of hydrogen-bond donors (Lipinski definition) is 1. The molecule has 0 fully saturated rings. The molecule has 0 bridgehead atoms. The van der Waals surface area contributed by atoms with Crippen molar-refractivity contribution < 1.29 is 18.7 Å². The number of unbranched alkanes of at least 4 members (excludes halogenated alkanes) is 1. The van der Waals surface area contributed by atoms with E-state index in [0.29, 0.717) is 26.0 Å². The van der Waals surface area contributed by atoms with Crippen LogP contribution in [0.4, 0.5) is 4.39 Å². The minimum Gasteiger partial charge on any atom is -0.494 e. The number of carbonyl (C=O) groups excluding carboxylic acids is 2. The third-order valence-corrected chi connectivity index (χ3v) is 6.19. The number of amides is 2. The van der Waals surface area contributed by atoms with Crippen LogP contribution in [-0.4, -0.2) is 35.9 Å². The summed E-state index contributed by atoms with van der Waals surface area (Å²) >= 11 is 0. The van der Waals surface area contributed by atoms with Crippen LogP contribution in [0.3, 0.4) is 0 Å². The summed E-state index contributed by atoms with van der Waals surface area (Å²) in [5.41, 5.74) is 2.89. The first-order valence-corrected chi connectivity index (χ1v) is 13.0. The first kappa shape index (κ1) is 27.9. The number of hydrogen-bond acceptors (Lipinski definition) is 3. The van der Waals surface area contributed by atoms with Crippen LogP contribution in [0.2, 0.25) is 0 Å². The predicted molar refractivity (Wildman–Crippen MR) is 145 cm³/mol. The number of nitrogens with one attached hydrogen (secondary N) is 1. The lowest BCUT2D eigenvalue weighted by molar-refractivity contribution is -0.141. The molecule has 196 valence electrons. The summed E-state index contributed by atoms with van der Waals surface area (Å²) in [6, 6.07) is 22.9. The molecule has 0 spiro atoms. The smallest absolute Gasteiger partial charge is 0.243 e. The van der Waals surface area contributed by atoms with Gasteiger partial charge in [-0.25, -0.2) is 4.39 Å². The van der Waals surface area contributed by atoms with E-state index in [4.69, 9.17) is 4.74 Å². The third-order valence-electron chi connectivity index (χ3n) is 6.19. The van der Waals surface area contributed by atoms with E-state index in [9.17, 15) is 14.0 Å². The molecule has 0 saturated carbocycles. The van der Waals surface area contributed by atoms with E-state index < -0.39 is 6.04 Å². The molecule has 0 aliphatic carbocycles. The Morgan fingerprint density at radius 2 is 1.62 bits per heavy atom. The molecule has 6 heteroatoms. The zero-order chi connectivity index (χ0) is 26.5. The van der Waals surface area contributed by atoms with Gasteiger partial charge in [-0.2, -0.15) is 0 Å². The zero-order valence-electron chi connectivity index (χ0n) is 21.8. The fourth-order valence-electron chi connectivity index (χ4n) is 4.04. The van der Waals surface area contributed by atoms with Crippen molar-refractivity contribution in [3.05, 3.63) is 101 Å². The minimum absolute atomic E-state index is 0.136. The van der Waals surface area contributed by atoms with Gasteiger partial charge in [0.25, 0.3) is 0 Å². The number of nitrogens with zero attached hydrogens (tertiary/aromatic N) is 1. The maximum Gasteiger partial charge on any atom is 0.243 e. The van der Waals surface area contributed by atoms with Crippen LogP contribution in [0, 0.1) is 12.7 Å². The Labute approximate surface area is 219 Å². The first-order chi connectivity index (χ1) is 18.0. The van der Waals surface area contributed by atoms with Gasteiger partial charge in [-0.05, 0) is 55.2 Å². The van der Waals surface area contributed by atoms with E-state index in [0.717, 1.165) is 35.3 Å². The summed E-state index contributed by atoms with van der Waals surface area (Å²) in [6.07, 6.45) is 2.98. The van der Waals surface area contributed by atoms with Gasteiger partial charge in [0.15, 0.2) is 0 Å². The van der Waals surface area contributed by atoms with E-state index >= 15 is 0 Å². The summed E-state index contributed by atoms with van der Waals surface area (Å²) in [7, 11) is 0. The lowest BCUT2D eigenvalue weighted by Gasteiger charge is -2.31. The van der Waals surface area contributed by atoms with Crippen molar-refractivity contribution in [2.45, 2.75) is 58.5 Å². The Morgan fingerprint density at radius 1 is 0.919 bits per heavy atom. The molecule has 1 N–H and O–H groups in total. The molecule has 3 aromatic rings. The van der Waals surface area contributed by atoms with Crippen molar-refractivity contribution in [3.8, 4) is 5.75 Å². The quantitative estimate of drug-likeness (QED) is 0.280. The van der Waals surface area contributed by atoms with Gasteiger partial charge in [0.1, 0.15) is 17.6 Å². The fraction of sp³-hybridized carbons (Fsp3) is 0.355. The van der Waals surface area contributed by atoms with E-state index in [2.05, 4.69) is 12.2 Å². The van der Waals surface area contributed by atoms with Crippen LogP contribution >= 0.6 is 0 Å². The minimum atomic E-state index is -0.685. The van der Waals surface area contributed by atoms with Gasteiger partial charge < -0.3 is 15.0 Å². The van der Waals surface area contributed by atoms with Gasteiger partial charge in [0, 0.05) is 25.9 Å². The van der Waals surface area contributed by atoms with Gasteiger partial charge in [0.05, 0.1) is 6.61 Å². The average molecular weight is 505 g/mol. The van der Waals surface area contributed by atoms with Gasteiger partial charge in [-0.1, -0.05) is 73.5 Å². The Kier molecular flexibility index (Phi) is 11.2. The Morgan fingerprint density at radius 3 is 2.30 bits per heavy atom. The monoisotopic (exact) mass is 504 g/mol. The predicted octanol–water partition coefficient (Wildman–Crippen LogP) is 5.85. The number of benzene rings is 3. The zero-order valence-corrected chi connectivity index (χ0v) is 21.8. The molecule has 0 aromatic heterocycles. The molecule has 1 atom stereocenters. The molecule has 0 heterocycles. The normalized spacial score (nSPS) is 11.5. The standard InChI is InChI=1S/C31H37FN2O3/c1-3-4-20-33-31(36)29(22-25-9-6-5-7-10-25)34(23-26-14-16-27(32)17-15-26)30(35)11-8-21-37-28-18-12-24(2)13-19-28/h5-7,9-10,12-19,29H,3-4,8,11,20-23H2,1-2H3,(H,33,36). The van der Waals surface area contributed by atoms with Crippen LogP contribution in [0.5, 0.6) is 5.75 Å². The Bertz CT molecular complexity index is 1100. The molecule has 0 radical (unpaired) electrons. The van der Waals surface area contributed by atoms with Crippen LogP contribution in [-0.2, 0) is 22.6 Å². The number of carbonyl (C=O) groups is 2. The van der Waals surface area contributed by atoms with Crippen molar-refractivity contribution in [2.75, 3.05) is 13.2 Å². The maximum absolute atomic E-state index is 13.6. The number of halogens is 1. The van der Waals surface area contributed by atoms with Crippen molar-refractivity contribution in [2.24, 2.45) is 0 Å². The van der Waals surface area contributed by atoms with Crippen LogP contribution < -0.4 is 10.1 Å². The second-order valence-corrected chi connectivity index (χ2v) is 9.26. The maximum atomic E-state index is 13.6. The third kappa shape index (κ3) is 9.37. The number of aryl methyl sites for hydroxylation is 1. The first-order valence-electron chi connectivity index (χ1n) is 13.0. The average Bonchev–Trinajstić information content (AvgIpc) is 2.91. The fourth-order valence-corrected chi connectivity index (χ4v) is 4.04. The van der Waals surface area contributed by atoms with Crippen molar-refractivity contribution >= 4 is 11.8 Å². The van der Waals surface area contributed by atoms with E-state index in [1.54, 1.807) is 17.0 Å². The van der Waals surface area contributed by atoms with E-state index in [1.165, 1.54) is 12.1 Å². The SMILES string of the molecule is CCCCNC(=O)C(Cc1ccccc1)N(Cc1ccc(F)cc1)C(=O)CCCOc1ccc(C)cc1. The second kappa shape index (κ2) is 14.8. The summed E-state index contributed by atoms with van der Waals surface area (Å²) in [5.74, 6) is 0.110. The lowest BCUT2D eigenvalue weighted by Crippen LogP contribution is -2.50. The second-order valence-electron chi connectivity index (χ2n) is 9.26. The Hall–Kier alpha value is -3.67. The highest BCUT2D eigenvalue weighted by atomic mass is 19.1. The highest BCUT2D eigenvalue weighted by Gasteiger charge is 2.30. The summed E-state index contributed by atoms with van der Waals surface area (Å²) in [4.78, 5) is 28.6. The van der Waals surface area contributed by atoms with Gasteiger partial charge in [0.2, 0.25) is 11.8 Å². The summed E-state index contributed by atoms with van der Waals surface area (Å²) in [6.45, 7) is 5.25. The molecule has 1 unspecified atom stereocenters. The Balaban J connectivity index is 1.76. The van der Waals surface area contributed by atoms with Gasteiger partial charge >= 0.3 is 0 Å². The molecular formula is C31H37FN2O3. The highest BCUT2D eigenvalue weighted by Crippen LogP contribution is 2.18. The van der Waals surface area contributed by atoms with Crippen molar-refractivity contribution in [1.82, 2.24) is 10.2 Å². The molecule has 0 saturated heterocycles. The highest BCUT2D eigenvalue weighted by molar-refractivity contribution is 5.88. The largest absolute Gasteiger partial charge is 0.494 e. The summed E-state index contributed by atoms with van der Waals surface area (Å²) in [5, 5.41) is 3.01. The molecule has 37 heavy (non-hydrogen) atoms. The molecule has 0 aliphatic rings. The van der Waals surface area contributed by atoms with E-state index in [1.807, 2.05) is 61.5 Å². The van der Waals surface area contributed by atoms with Crippen LogP contribution in [0.25, 0.3) is 0 Å². The molecule has 2 amide bonds. The molecule has 3 aromatic carbocycles. The molecule has 0 aliphatic heterocycles. The van der Waals surface area contributed by atoms with Gasteiger partial charge in [-0.3, -0.25) is 9.59 Å². The van der Waals surface area contributed by atoms with Crippen molar-refractivity contribution in [3.63, 3.8) is 0 Å². The van der Waals surface area contributed by atoms with Crippen LogP contribution in [0.15, 0.2) is 78.9 Å².